The summed E-state index contributed by atoms with van der Waals surface area (Å²) in [6.07, 6.45) is 8.02. The maximum absolute atomic E-state index is 12.5. The summed E-state index contributed by atoms with van der Waals surface area (Å²) in [6.45, 7) is 2.69. The number of amides is 1. The first-order valence-corrected chi connectivity index (χ1v) is 10.0. The maximum Gasteiger partial charge on any atom is 0.233 e. The summed E-state index contributed by atoms with van der Waals surface area (Å²) < 4.78 is 7.15. The summed E-state index contributed by atoms with van der Waals surface area (Å²) >= 11 is 1.42. The van der Waals surface area contributed by atoms with Crippen LogP contribution in [0, 0.1) is 5.92 Å². The molecule has 1 aromatic heterocycles. The predicted molar refractivity (Wildman–Crippen MR) is 103 cm³/mol. The SMILES string of the molecule is COc1cccc(-n2cnnc2SC(C)C(=O)NCC2CCCCC2)c1. The van der Waals surface area contributed by atoms with Gasteiger partial charge in [0.25, 0.3) is 0 Å². The molecule has 3 rings (SSSR count). The van der Waals surface area contributed by atoms with Crippen molar-refractivity contribution in [3.05, 3.63) is 30.6 Å². The second-order valence-corrected chi connectivity index (χ2v) is 8.00. The molecule has 26 heavy (non-hydrogen) atoms. The largest absolute Gasteiger partial charge is 0.497 e. The summed E-state index contributed by atoms with van der Waals surface area (Å²) in [7, 11) is 1.64. The number of aromatic nitrogens is 3. The number of hydrogen-bond acceptors (Lipinski definition) is 5. The van der Waals surface area contributed by atoms with Crippen LogP contribution in [0.15, 0.2) is 35.7 Å². The minimum Gasteiger partial charge on any atom is -0.497 e. The second kappa shape index (κ2) is 9.07. The standard InChI is InChI=1S/C19H26N4O2S/c1-14(18(24)20-12-15-7-4-3-5-8-15)26-19-22-21-13-23(19)16-9-6-10-17(11-16)25-2/h6,9-11,13-15H,3-5,7-8,12H2,1-2H3,(H,20,24). The highest BCUT2D eigenvalue weighted by atomic mass is 32.2. The molecule has 1 heterocycles. The zero-order valence-corrected chi connectivity index (χ0v) is 16.2. The topological polar surface area (TPSA) is 69.0 Å². The number of nitrogens with one attached hydrogen (secondary N) is 1. The monoisotopic (exact) mass is 374 g/mol. The van der Waals surface area contributed by atoms with Gasteiger partial charge in [0.15, 0.2) is 5.16 Å². The zero-order valence-electron chi connectivity index (χ0n) is 15.4. The van der Waals surface area contributed by atoms with Gasteiger partial charge < -0.3 is 10.1 Å². The molecule has 1 N–H and O–H groups in total. The molecular weight excluding hydrogens is 348 g/mol. The molecule has 1 fully saturated rings. The van der Waals surface area contributed by atoms with Crippen LogP contribution in [0.25, 0.3) is 5.69 Å². The van der Waals surface area contributed by atoms with E-state index in [0.717, 1.165) is 18.0 Å². The van der Waals surface area contributed by atoms with E-state index in [1.165, 1.54) is 43.9 Å². The van der Waals surface area contributed by atoms with E-state index in [-0.39, 0.29) is 11.2 Å². The van der Waals surface area contributed by atoms with Gasteiger partial charge in [0, 0.05) is 12.6 Å². The molecule has 1 atom stereocenters. The van der Waals surface area contributed by atoms with Crippen LogP contribution >= 0.6 is 11.8 Å². The van der Waals surface area contributed by atoms with E-state index < -0.39 is 0 Å². The van der Waals surface area contributed by atoms with Crippen molar-refractivity contribution in [3.63, 3.8) is 0 Å². The van der Waals surface area contributed by atoms with Gasteiger partial charge in [-0.05, 0) is 37.8 Å². The Kier molecular flexibility index (Phi) is 6.55. The predicted octanol–water partition coefficient (Wildman–Crippen LogP) is 3.45. The van der Waals surface area contributed by atoms with E-state index in [1.54, 1.807) is 13.4 Å². The summed E-state index contributed by atoms with van der Waals surface area (Å²) in [6, 6.07) is 7.69. The second-order valence-electron chi connectivity index (χ2n) is 6.69. The maximum atomic E-state index is 12.5. The summed E-state index contributed by atoms with van der Waals surface area (Å²) in [5, 5.41) is 11.7. The number of nitrogens with zero attached hydrogens (tertiary/aromatic N) is 3. The molecule has 1 amide bonds. The summed E-state index contributed by atoms with van der Waals surface area (Å²) in [5.41, 5.74) is 0.909. The highest BCUT2D eigenvalue weighted by Gasteiger charge is 2.20. The number of hydrogen-bond donors (Lipinski definition) is 1. The zero-order chi connectivity index (χ0) is 18.4. The highest BCUT2D eigenvalue weighted by Crippen LogP contribution is 2.26. The third-order valence-electron chi connectivity index (χ3n) is 4.79. The van der Waals surface area contributed by atoms with Gasteiger partial charge >= 0.3 is 0 Å². The fourth-order valence-electron chi connectivity index (χ4n) is 3.23. The van der Waals surface area contributed by atoms with Crippen molar-refractivity contribution in [2.45, 2.75) is 49.4 Å². The Morgan fingerprint density at radius 1 is 1.38 bits per heavy atom. The van der Waals surface area contributed by atoms with Gasteiger partial charge in [0.05, 0.1) is 18.0 Å². The van der Waals surface area contributed by atoms with Gasteiger partial charge in [-0.1, -0.05) is 37.1 Å². The van der Waals surface area contributed by atoms with E-state index in [1.807, 2.05) is 35.8 Å². The number of thioether (sulfide) groups is 1. The molecule has 0 saturated heterocycles. The molecule has 0 aliphatic heterocycles. The van der Waals surface area contributed by atoms with Crippen LogP contribution in [0.2, 0.25) is 0 Å². The fraction of sp³-hybridized carbons (Fsp3) is 0.526. The molecule has 0 spiro atoms. The van der Waals surface area contributed by atoms with Gasteiger partial charge in [-0.3, -0.25) is 9.36 Å². The molecule has 0 bridgehead atoms. The highest BCUT2D eigenvalue weighted by molar-refractivity contribution is 8.00. The molecule has 6 nitrogen and oxygen atoms in total. The molecule has 1 aliphatic carbocycles. The van der Waals surface area contributed by atoms with Crippen molar-refractivity contribution >= 4 is 17.7 Å². The van der Waals surface area contributed by atoms with Crippen LogP contribution in [-0.4, -0.2) is 39.6 Å². The summed E-state index contributed by atoms with van der Waals surface area (Å²) in [4.78, 5) is 12.5. The lowest BCUT2D eigenvalue weighted by Crippen LogP contribution is -2.35. The lowest BCUT2D eigenvalue weighted by atomic mass is 9.89. The molecule has 7 heteroatoms. The van der Waals surface area contributed by atoms with Crippen LogP contribution in [0.5, 0.6) is 5.75 Å². The van der Waals surface area contributed by atoms with E-state index >= 15 is 0 Å². The number of methoxy groups -OCH3 is 1. The number of benzene rings is 1. The van der Waals surface area contributed by atoms with E-state index in [9.17, 15) is 4.79 Å². The van der Waals surface area contributed by atoms with Crippen LogP contribution in [0.4, 0.5) is 0 Å². The molecule has 2 aromatic rings. The average molecular weight is 375 g/mol. The molecule has 1 aromatic carbocycles. The Balaban J connectivity index is 1.59. The first kappa shape index (κ1) is 18.8. The third-order valence-corrected chi connectivity index (χ3v) is 5.85. The molecular formula is C19H26N4O2S. The lowest BCUT2D eigenvalue weighted by Gasteiger charge is -2.22. The first-order valence-electron chi connectivity index (χ1n) is 9.16. The van der Waals surface area contributed by atoms with E-state index in [2.05, 4.69) is 15.5 Å². The number of carbonyl (C=O) groups excluding carboxylic acids is 1. The summed E-state index contributed by atoms with van der Waals surface area (Å²) in [5.74, 6) is 1.46. The lowest BCUT2D eigenvalue weighted by molar-refractivity contribution is -0.120. The van der Waals surface area contributed by atoms with E-state index in [0.29, 0.717) is 11.1 Å². The van der Waals surface area contributed by atoms with Crippen molar-refractivity contribution < 1.29 is 9.53 Å². The Hall–Kier alpha value is -2.02. The first-order chi connectivity index (χ1) is 12.7. The Labute approximate surface area is 158 Å². The van der Waals surface area contributed by atoms with Gasteiger partial charge in [0.2, 0.25) is 5.91 Å². The molecule has 140 valence electrons. The minimum atomic E-state index is -0.229. The van der Waals surface area contributed by atoms with Crippen molar-refractivity contribution in [2.75, 3.05) is 13.7 Å². The normalized spacial score (nSPS) is 16.2. The van der Waals surface area contributed by atoms with Gasteiger partial charge in [-0.15, -0.1) is 10.2 Å². The quantitative estimate of drug-likeness (QED) is 0.752. The number of rotatable bonds is 7. The van der Waals surface area contributed by atoms with Gasteiger partial charge in [-0.25, -0.2) is 0 Å². The van der Waals surface area contributed by atoms with Crippen LogP contribution in [0.3, 0.4) is 0 Å². The van der Waals surface area contributed by atoms with Gasteiger partial charge in [-0.2, -0.15) is 0 Å². The van der Waals surface area contributed by atoms with Crippen molar-refractivity contribution in [1.82, 2.24) is 20.1 Å². The Morgan fingerprint density at radius 3 is 2.96 bits per heavy atom. The number of ether oxygens (including phenoxy) is 1. The number of carbonyl (C=O) groups is 1. The van der Waals surface area contributed by atoms with Crippen molar-refractivity contribution in [1.29, 1.82) is 0 Å². The van der Waals surface area contributed by atoms with Crippen LogP contribution in [0.1, 0.15) is 39.0 Å². The smallest absolute Gasteiger partial charge is 0.233 e. The average Bonchev–Trinajstić information content (AvgIpc) is 3.15. The van der Waals surface area contributed by atoms with Crippen LogP contribution in [-0.2, 0) is 4.79 Å². The Bertz CT molecular complexity index is 728. The minimum absolute atomic E-state index is 0.0563. The molecule has 0 radical (unpaired) electrons. The molecule has 1 unspecified atom stereocenters. The van der Waals surface area contributed by atoms with Crippen LogP contribution < -0.4 is 10.1 Å². The molecule has 1 saturated carbocycles. The Morgan fingerprint density at radius 2 is 2.19 bits per heavy atom. The van der Waals surface area contributed by atoms with Crippen molar-refractivity contribution in [3.8, 4) is 11.4 Å². The van der Waals surface area contributed by atoms with Crippen molar-refractivity contribution in [2.24, 2.45) is 5.92 Å². The fourth-order valence-corrected chi connectivity index (χ4v) is 4.10. The van der Waals surface area contributed by atoms with Gasteiger partial charge in [0.1, 0.15) is 12.1 Å². The molecule has 1 aliphatic rings. The van der Waals surface area contributed by atoms with E-state index in [4.69, 9.17) is 4.74 Å². The third kappa shape index (κ3) is 4.78.